The van der Waals surface area contributed by atoms with Crippen molar-refractivity contribution in [3.05, 3.63) is 100 Å². The van der Waals surface area contributed by atoms with Crippen LogP contribution >= 0.6 is 11.6 Å². The van der Waals surface area contributed by atoms with Crippen LogP contribution in [-0.2, 0) is 20.7 Å². The molecule has 3 aromatic carbocycles. The fourth-order valence-electron chi connectivity index (χ4n) is 3.01. The Morgan fingerprint density at radius 1 is 1.03 bits per heavy atom. The number of carbonyl (C=O) groups is 2. The lowest BCUT2D eigenvalue weighted by atomic mass is 10.0. The van der Waals surface area contributed by atoms with E-state index in [0.717, 1.165) is 5.56 Å². The number of cyclic esters (lactones) is 1. The van der Waals surface area contributed by atoms with Gasteiger partial charge in [0.05, 0.1) is 11.4 Å². The van der Waals surface area contributed by atoms with Crippen LogP contribution in [0.3, 0.4) is 0 Å². The highest BCUT2D eigenvalue weighted by Gasteiger charge is 2.26. The van der Waals surface area contributed by atoms with Gasteiger partial charge < -0.3 is 14.6 Å². The zero-order valence-corrected chi connectivity index (χ0v) is 16.9. The highest BCUT2D eigenvalue weighted by molar-refractivity contribution is 6.32. The summed E-state index contributed by atoms with van der Waals surface area (Å²) in [5.74, 6) is -0.351. The Morgan fingerprint density at radius 3 is 2.48 bits per heavy atom. The topological polar surface area (TPSA) is 85.2 Å². The fourth-order valence-corrected chi connectivity index (χ4v) is 3.19. The summed E-state index contributed by atoms with van der Waals surface area (Å²) in [6.45, 7) is 0. The van der Waals surface area contributed by atoms with Gasteiger partial charge in [-0.3, -0.25) is 4.79 Å². The molecule has 1 aliphatic heterocycles. The number of ether oxygens (including phenoxy) is 2. The smallest absolute Gasteiger partial charge is 0.363 e. The van der Waals surface area contributed by atoms with Gasteiger partial charge in [0.1, 0.15) is 11.5 Å². The van der Waals surface area contributed by atoms with Crippen LogP contribution in [0.1, 0.15) is 16.7 Å². The number of rotatable bonds is 6. The molecule has 0 amide bonds. The van der Waals surface area contributed by atoms with Gasteiger partial charge in [-0.15, -0.1) is 0 Å². The van der Waals surface area contributed by atoms with Gasteiger partial charge in [0, 0.05) is 5.56 Å². The number of hydrogen-bond donors (Lipinski definition) is 1. The molecule has 0 saturated heterocycles. The second kappa shape index (κ2) is 8.85. The van der Waals surface area contributed by atoms with E-state index in [1.54, 1.807) is 66.7 Å². The molecule has 4 rings (SSSR count). The van der Waals surface area contributed by atoms with Gasteiger partial charge in [0.25, 0.3) is 0 Å². The average Bonchev–Trinajstić information content (AvgIpc) is 3.11. The van der Waals surface area contributed by atoms with Crippen molar-refractivity contribution in [1.82, 2.24) is 0 Å². The van der Waals surface area contributed by atoms with Crippen molar-refractivity contribution in [3.63, 3.8) is 0 Å². The van der Waals surface area contributed by atoms with E-state index >= 15 is 0 Å². The lowest BCUT2D eigenvalue weighted by Gasteiger charge is -2.07. The molecule has 0 saturated carbocycles. The van der Waals surface area contributed by atoms with Gasteiger partial charge in [-0.05, 0) is 47.5 Å². The second-order valence-electron chi connectivity index (χ2n) is 6.67. The number of aliphatic carboxylic acids is 1. The third-order valence-electron chi connectivity index (χ3n) is 4.46. The van der Waals surface area contributed by atoms with E-state index in [2.05, 4.69) is 4.99 Å². The molecule has 6 nitrogen and oxygen atoms in total. The Bertz CT molecular complexity index is 1210. The summed E-state index contributed by atoms with van der Waals surface area (Å²) in [6.07, 6.45) is 1.40. The van der Waals surface area contributed by atoms with Crippen LogP contribution in [0.2, 0.25) is 5.02 Å². The third-order valence-corrected chi connectivity index (χ3v) is 4.77. The molecular formula is C24H16ClNO5. The standard InChI is InChI=1S/C24H16ClNO5/c25-19-7-3-4-8-21(19)30-17-11-9-15(10-12-17)13-20-24(29)31-23(26-20)18-6-2-1-5-16(18)14-22(27)28/h1-13H,14H2,(H,27,28). The van der Waals surface area contributed by atoms with Crippen molar-refractivity contribution in [1.29, 1.82) is 0 Å². The van der Waals surface area contributed by atoms with Crippen molar-refractivity contribution < 1.29 is 24.2 Å². The number of para-hydroxylation sites is 1. The van der Waals surface area contributed by atoms with Crippen molar-refractivity contribution in [3.8, 4) is 11.5 Å². The molecule has 154 valence electrons. The molecule has 0 fully saturated rings. The minimum atomic E-state index is -0.979. The van der Waals surface area contributed by atoms with E-state index in [0.29, 0.717) is 27.6 Å². The molecule has 1 N–H and O–H groups in total. The van der Waals surface area contributed by atoms with Crippen LogP contribution in [0, 0.1) is 0 Å². The first kappa shape index (κ1) is 20.4. The predicted octanol–water partition coefficient (Wildman–Crippen LogP) is 5.10. The molecule has 1 heterocycles. The SMILES string of the molecule is O=C(O)Cc1ccccc1C1=NC(=Cc2ccc(Oc3ccccc3Cl)cc2)C(=O)O1. The number of carboxylic acids is 1. The van der Waals surface area contributed by atoms with Gasteiger partial charge in [0.2, 0.25) is 5.90 Å². The number of carbonyl (C=O) groups excluding carboxylic acids is 1. The minimum Gasteiger partial charge on any atom is -0.481 e. The predicted molar refractivity (Wildman–Crippen MR) is 116 cm³/mol. The number of nitrogens with zero attached hydrogens (tertiary/aromatic N) is 1. The summed E-state index contributed by atoms with van der Waals surface area (Å²) in [6, 6.07) is 21.0. The van der Waals surface area contributed by atoms with Crippen LogP contribution < -0.4 is 4.74 Å². The van der Waals surface area contributed by atoms with Crippen molar-refractivity contribution in [2.75, 3.05) is 0 Å². The Labute approximate surface area is 183 Å². The quantitative estimate of drug-likeness (QED) is 0.431. The molecule has 0 radical (unpaired) electrons. The van der Waals surface area contributed by atoms with Crippen LogP contribution in [0.25, 0.3) is 6.08 Å². The Morgan fingerprint density at radius 2 is 1.74 bits per heavy atom. The number of halogens is 1. The molecule has 0 aliphatic carbocycles. The minimum absolute atomic E-state index is 0.0896. The van der Waals surface area contributed by atoms with E-state index in [-0.39, 0.29) is 18.0 Å². The Kier molecular flexibility index (Phi) is 5.82. The summed E-state index contributed by atoms with van der Waals surface area (Å²) < 4.78 is 11.0. The number of aliphatic imine (C=N–C) groups is 1. The molecular weight excluding hydrogens is 418 g/mol. The Balaban J connectivity index is 1.55. The zero-order chi connectivity index (χ0) is 21.8. The summed E-state index contributed by atoms with van der Waals surface area (Å²) in [7, 11) is 0. The molecule has 7 heteroatoms. The summed E-state index contributed by atoms with van der Waals surface area (Å²) in [4.78, 5) is 27.6. The number of carboxylic acid groups (broad SMARTS) is 1. The maximum Gasteiger partial charge on any atom is 0.363 e. The molecule has 0 unspecified atom stereocenters. The molecule has 0 spiro atoms. The Hall–Kier alpha value is -3.90. The van der Waals surface area contributed by atoms with Gasteiger partial charge in [-0.1, -0.05) is 54.1 Å². The molecule has 0 bridgehead atoms. The van der Waals surface area contributed by atoms with Gasteiger partial charge in [-0.2, -0.15) is 0 Å². The maximum absolute atomic E-state index is 12.3. The average molecular weight is 434 g/mol. The zero-order valence-electron chi connectivity index (χ0n) is 16.1. The number of hydrogen-bond acceptors (Lipinski definition) is 5. The number of benzene rings is 3. The highest BCUT2D eigenvalue weighted by atomic mass is 35.5. The number of esters is 1. The van der Waals surface area contributed by atoms with Crippen LogP contribution in [0.4, 0.5) is 0 Å². The molecule has 1 aliphatic rings. The van der Waals surface area contributed by atoms with Gasteiger partial charge >= 0.3 is 11.9 Å². The normalized spacial score (nSPS) is 14.3. The van der Waals surface area contributed by atoms with Crippen LogP contribution in [0.15, 0.2) is 83.5 Å². The van der Waals surface area contributed by atoms with E-state index in [1.165, 1.54) is 0 Å². The molecule has 31 heavy (non-hydrogen) atoms. The molecule has 0 aromatic heterocycles. The van der Waals surface area contributed by atoms with E-state index in [1.807, 2.05) is 12.1 Å². The summed E-state index contributed by atoms with van der Waals surface area (Å²) >= 11 is 6.10. The van der Waals surface area contributed by atoms with Gasteiger partial charge in [-0.25, -0.2) is 9.79 Å². The highest BCUT2D eigenvalue weighted by Crippen LogP contribution is 2.29. The first-order valence-electron chi connectivity index (χ1n) is 9.35. The van der Waals surface area contributed by atoms with E-state index in [9.17, 15) is 9.59 Å². The molecule has 0 atom stereocenters. The lowest BCUT2D eigenvalue weighted by Crippen LogP contribution is -2.10. The van der Waals surface area contributed by atoms with E-state index in [4.69, 9.17) is 26.2 Å². The van der Waals surface area contributed by atoms with Crippen LogP contribution in [0.5, 0.6) is 11.5 Å². The van der Waals surface area contributed by atoms with Crippen molar-refractivity contribution >= 4 is 35.5 Å². The fraction of sp³-hybridized carbons (Fsp3) is 0.0417. The lowest BCUT2D eigenvalue weighted by molar-refractivity contribution is -0.136. The second-order valence-corrected chi connectivity index (χ2v) is 7.07. The monoisotopic (exact) mass is 433 g/mol. The van der Waals surface area contributed by atoms with Crippen LogP contribution in [-0.4, -0.2) is 22.9 Å². The van der Waals surface area contributed by atoms with E-state index < -0.39 is 11.9 Å². The first-order chi connectivity index (χ1) is 15.0. The molecule has 3 aromatic rings. The van der Waals surface area contributed by atoms with Gasteiger partial charge in [0.15, 0.2) is 5.70 Å². The maximum atomic E-state index is 12.3. The third kappa shape index (κ3) is 4.82. The summed E-state index contributed by atoms with van der Waals surface area (Å²) in [5, 5.41) is 9.59. The summed E-state index contributed by atoms with van der Waals surface area (Å²) in [5.41, 5.74) is 1.84. The van der Waals surface area contributed by atoms with Crippen molar-refractivity contribution in [2.24, 2.45) is 4.99 Å². The largest absolute Gasteiger partial charge is 0.481 e. The first-order valence-corrected chi connectivity index (χ1v) is 9.72. The van der Waals surface area contributed by atoms with Crippen molar-refractivity contribution in [2.45, 2.75) is 6.42 Å².